The molecule has 1 saturated heterocycles. The topological polar surface area (TPSA) is 53.1 Å². The fourth-order valence-corrected chi connectivity index (χ4v) is 3.91. The van der Waals surface area contributed by atoms with Crippen LogP contribution < -0.4 is 4.74 Å². The Morgan fingerprint density at radius 1 is 0.967 bits per heavy atom. The van der Waals surface area contributed by atoms with Crippen LogP contribution in [0.25, 0.3) is 0 Å². The number of carbonyl (C=O) groups excluding carboxylic acids is 2. The smallest absolute Gasteiger partial charge is 0.257 e. The highest BCUT2D eigenvalue weighted by Gasteiger charge is 2.31. The summed E-state index contributed by atoms with van der Waals surface area (Å²) in [6, 6.07) is 16.9. The lowest BCUT2D eigenvalue weighted by molar-refractivity contribution is -0.136. The number of carbonyl (C=O) groups is 2. The van der Waals surface area contributed by atoms with E-state index < -0.39 is 0 Å². The maximum atomic E-state index is 13.5. The van der Waals surface area contributed by atoms with E-state index in [9.17, 15) is 9.59 Å². The Morgan fingerprint density at radius 2 is 1.60 bits per heavy atom. The van der Waals surface area contributed by atoms with E-state index in [1.54, 1.807) is 19.2 Å². The van der Waals surface area contributed by atoms with E-state index >= 15 is 0 Å². The average molecular weight is 410 g/mol. The summed E-state index contributed by atoms with van der Waals surface area (Å²) in [4.78, 5) is 32.3. The van der Waals surface area contributed by atoms with Gasteiger partial charge >= 0.3 is 0 Å². The van der Waals surface area contributed by atoms with E-state index in [0.29, 0.717) is 37.5 Å². The molecule has 160 valence electrons. The second kappa shape index (κ2) is 10.3. The summed E-state index contributed by atoms with van der Waals surface area (Å²) in [5, 5.41) is 0. The molecule has 2 aromatic rings. The number of methoxy groups -OCH3 is 1. The molecule has 0 saturated carbocycles. The van der Waals surface area contributed by atoms with Crippen molar-refractivity contribution in [3.8, 4) is 5.75 Å². The van der Waals surface area contributed by atoms with Gasteiger partial charge in [0.25, 0.3) is 5.91 Å². The highest BCUT2D eigenvalue weighted by Crippen LogP contribution is 2.24. The zero-order chi connectivity index (χ0) is 21.5. The van der Waals surface area contributed by atoms with Crippen LogP contribution in [0, 0.1) is 0 Å². The fourth-order valence-electron chi connectivity index (χ4n) is 3.91. The molecule has 1 fully saturated rings. The lowest BCUT2D eigenvalue weighted by atomic mass is 10.0. The van der Waals surface area contributed by atoms with Crippen LogP contribution in [0.3, 0.4) is 0 Å². The van der Waals surface area contributed by atoms with Gasteiger partial charge in [0.2, 0.25) is 5.91 Å². The normalized spacial score (nSPS) is 15.6. The predicted octanol–water partition coefficient (Wildman–Crippen LogP) is 3.06. The Bertz CT molecular complexity index is 856. The molecule has 1 aliphatic heterocycles. The van der Waals surface area contributed by atoms with Crippen molar-refractivity contribution in [2.45, 2.75) is 19.4 Å². The molecule has 0 N–H and O–H groups in total. The fraction of sp³-hybridized carbons (Fsp3) is 0.417. The van der Waals surface area contributed by atoms with Gasteiger partial charge in [0, 0.05) is 26.2 Å². The second-order valence-electron chi connectivity index (χ2n) is 7.56. The van der Waals surface area contributed by atoms with Crippen molar-refractivity contribution in [3.05, 3.63) is 65.7 Å². The summed E-state index contributed by atoms with van der Waals surface area (Å²) >= 11 is 0. The van der Waals surface area contributed by atoms with Crippen molar-refractivity contribution >= 4 is 11.8 Å². The predicted molar refractivity (Wildman–Crippen MR) is 118 cm³/mol. The first-order chi connectivity index (χ1) is 14.6. The maximum absolute atomic E-state index is 13.5. The van der Waals surface area contributed by atoms with Crippen LogP contribution in [0.4, 0.5) is 0 Å². The van der Waals surface area contributed by atoms with Gasteiger partial charge in [0.05, 0.1) is 12.7 Å². The molecule has 1 heterocycles. The summed E-state index contributed by atoms with van der Waals surface area (Å²) in [7, 11) is 3.55. The molecule has 1 aliphatic rings. The van der Waals surface area contributed by atoms with Crippen molar-refractivity contribution in [1.82, 2.24) is 14.7 Å². The number of nitrogens with zero attached hydrogens (tertiary/aromatic N) is 3. The summed E-state index contributed by atoms with van der Waals surface area (Å²) in [6.45, 7) is 5.15. The van der Waals surface area contributed by atoms with Crippen molar-refractivity contribution in [3.63, 3.8) is 0 Å². The zero-order valence-corrected chi connectivity index (χ0v) is 18.1. The van der Waals surface area contributed by atoms with Crippen LogP contribution in [-0.4, -0.2) is 73.4 Å². The number of ether oxygens (including phenoxy) is 1. The highest BCUT2D eigenvalue weighted by atomic mass is 16.5. The van der Waals surface area contributed by atoms with E-state index in [0.717, 1.165) is 18.5 Å². The summed E-state index contributed by atoms with van der Waals surface area (Å²) < 4.78 is 5.35. The molecule has 1 atom stereocenters. The summed E-state index contributed by atoms with van der Waals surface area (Å²) in [5.41, 5.74) is 1.56. The highest BCUT2D eigenvalue weighted by molar-refractivity contribution is 5.97. The SMILES string of the molecule is CCN(C)C(C(=O)N1CCCN(C(=O)c2ccccc2OC)CC1)c1ccccc1. The van der Waals surface area contributed by atoms with Crippen molar-refractivity contribution in [2.75, 3.05) is 46.9 Å². The molecule has 0 aromatic heterocycles. The molecular weight excluding hydrogens is 378 g/mol. The van der Waals surface area contributed by atoms with Crippen molar-refractivity contribution in [1.29, 1.82) is 0 Å². The molecule has 1 unspecified atom stereocenters. The molecular formula is C24H31N3O3. The van der Waals surface area contributed by atoms with Gasteiger partial charge in [0.1, 0.15) is 11.8 Å². The maximum Gasteiger partial charge on any atom is 0.257 e. The Labute approximate surface area is 179 Å². The van der Waals surface area contributed by atoms with Crippen LogP contribution >= 0.6 is 0 Å². The minimum Gasteiger partial charge on any atom is -0.496 e. The minimum absolute atomic E-state index is 0.0490. The molecule has 0 bridgehead atoms. The molecule has 0 aliphatic carbocycles. The number of hydrogen-bond acceptors (Lipinski definition) is 4. The third kappa shape index (κ3) is 4.82. The van der Waals surface area contributed by atoms with Gasteiger partial charge in [-0.05, 0) is 37.7 Å². The molecule has 0 spiro atoms. The Morgan fingerprint density at radius 3 is 2.30 bits per heavy atom. The van der Waals surface area contributed by atoms with E-state index in [2.05, 4.69) is 11.8 Å². The van der Waals surface area contributed by atoms with Crippen LogP contribution in [0.1, 0.15) is 35.3 Å². The zero-order valence-electron chi connectivity index (χ0n) is 18.1. The lowest BCUT2D eigenvalue weighted by Crippen LogP contribution is -2.43. The van der Waals surface area contributed by atoms with Gasteiger partial charge < -0.3 is 14.5 Å². The molecule has 2 aromatic carbocycles. The molecule has 2 amide bonds. The quantitative estimate of drug-likeness (QED) is 0.736. The summed E-state index contributed by atoms with van der Waals surface area (Å²) in [6.07, 6.45) is 0.754. The van der Waals surface area contributed by atoms with E-state index in [-0.39, 0.29) is 17.9 Å². The third-order valence-corrected chi connectivity index (χ3v) is 5.72. The van der Waals surface area contributed by atoms with Gasteiger partial charge in [-0.1, -0.05) is 49.4 Å². The third-order valence-electron chi connectivity index (χ3n) is 5.72. The Balaban J connectivity index is 1.73. The van der Waals surface area contributed by atoms with Gasteiger partial charge in [-0.2, -0.15) is 0 Å². The van der Waals surface area contributed by atoms with Crippen molar-refractivity contribution in [2.24, 2.45) is 0 Å². The number of hydrogen-bond donors (Lipinski definition) is 0. The van der Waals surface area contributed by atoms with Crippen LogP contribution in [0.15, 0.2) is 54.6 Å². The van der Waals surface area contributed by atoms with Gasteiger partial charge in [-0.3, -0.25) is 14.5 Å². The largest absolute Gasteiger partial charge is 0.496 e. The second-order valence-corrected chi connectivity index (χ2v) is 7.56. The Kier molecular flexibility index (Phi) is 7.46. The molecule has 3 rings (SSSR count). The van der Waals surface area contributed by atoms with E-state index in [4.69, 9.17) is 4.74 Å². The van der Waals surface area contributed by atoms with Crippen LogP contribution in [0.2, 0.25) is 0 Å². The van der Waals surface area contributed by atoms with Gasteiger partial charge in [-0.25, -0.2) is 0 Å². The monoisotopic (exact) mass is 409 g/mol. The number of para-hydroxylation sites is 1. The lowest BCUT2D eigenvalue weighted by Gasteiger charge is -2.32. The van der Waals surface area contributed by atoms with Crippen molar-refractivity contribution < 1.29 is 14.3 Å². The number of amides is 2. The molecule has 6 nitrogen and oxygen atoms in total. The minimum atomic E-state index is -0.312. The first-order valence-corrected chi connectivity index (χ1v) is 10.5. The molecule has 6 heteroatoms. The number of likely N-dealkylation sites (N-methyl/N-ethyl adjacent to an activating group) is 1. The number of rotatable bonds is 6. The first kappa shape index (κ1) is 21.8. The Hall–Kier alpha value is -2.86. The van der Waals surface area contributed by atoms with Crippen LogP contribution in [0.5, 0.6) is 5.75 Å². The van der Waals surface area contributed by atoms with Gasteiger partial charge in [-0.15, -0.1) is 0 Å². The standard InChI is InChI=1S/C24H31N3O3/c1-4-25(2)22(19-11-6-5-7-12-19)24(29)27-16-10-15-26(17-18-27)23(28)20-13-8-9-14-21(20)30-3/h5-9,11-14,22H,4,10,15-18H2,1-3H3. The average Bonchev–Trinajstić information content (AvgIpc) is 3.05. The van der Waals surface area contributed by atoms with Gasteiger partial charge in [0.15, 0.2) is 0 Å². The summed E-state index contributed by atoms with van der Waals surface area (Å²) in [5.74, 6) is 0.623. The van der Waals surface area contributed by atoms with E-state index in [1.165, 1.54) is 0 Å². The molecule has 0 radical (unpaired) electrons. The number of benzene rings is 2. The van der Waals surface area contributed by atoms with E-state index in [1.807, 2.05) is 59.3 Å². The van der Waals surface area contributed by atoms with Crippen LogP contribution in [-0.2, 0) is 4.79 Å². The first-order valence-electron chi connectivity index (χ1n) is 10.5. The molecule has 30 heavy (non-hydrogen) atoms.